The molecule has 4 nitrogen and oxygen atoms in total. The zero-order chi connectivity index (χ0) is 18.8. The van der Waals surface area contributed by atoms with E-state index in [9.17, 15) is 0 Å². The van der Waals surface area contributed by atoms with Gasteiger partial charge < -0.3 is 14.2 Å². The largest absolute Gasteiger partial charge is 0.468 e. The van der Waals surface area contributed by atoms with Crippen LogP contribution in [0.4, 0.5) is 0 Å². The minimum absolute atomic E-state index is 0.311. The van der Waals surface area contributed by atoms with Crippen LogP contribution < -0.4 is 0 Å². The van der Waals surface area contributed by atoms with Crippen molar-refractivity contribution in [2.24, 2.45) is 0 Å². The van der Waals surface area contributed by atoms with Crippen LogP contribution in [0.15, 0.2) is 47.1 Å². The fourth-order valence-electron chi connectivity index (χ4n) is 5.64. The van der Waals surface area contributed by atoms with Crippen LogP contribution in [0, 0.1) is 0 Å². The Morgan fingerprint density at radius 3 is 2.32 bits per heavy atom. The number of hydrogen-bond acceptors (Lipinski definition) is 4. The first-order chi connectivity index (χ1) is 13.8. The van der Waals surface area contributed by atoms with Gasteiger partial charge in [0.05, 0.1) is 12.8 Å². The number of hydrogen-bond donors (Lipinski definition) is 0. The summed E-state index contributed by atoms with van der Waals surface area (Å²) in [6.45, 7) is 10.7. The molecule has 1 aromatic heterocycles. The van der Waals surface area contributed by atoms with Gasteiger partial charge in [-0.05, 0) is 75.1 Å². The second kappa shape index (κ2) is 8.02. The van der Waals surface area contributed by atoms with E-state index >= 15 is 0 Å². The third-order valence-electron chi connectivity index (χ3n) is 7.21. The van der Waals surface area contributed by atoms with E-state index in [0.717, 1.165) is 25.4 Å². The molecule has 5 rings (SSSR count). The molecule has 1 spiro atoms. The quantitative estimate of drug-likeness (QED) is 0.790. The monoisotopic (exact) mass is 379 g/mol. The van der Waals surface area contributed by atoms with E-state index in [4.69, 9.17) is 4.42 Å². The molecule has 0 saturated carbocycles. The molecule has 2 saturated heterocycles. The van der Waals surface area contributed by atoms with Gasteiger partial charge in [-0.25, -0.2) is 0 Å². The highest BCUT2D eigenvalue weighted by atomic mass is 16.3. The Bertz CT molecular complexity index is 758. The first-order valence-electron chi connectivity index (χ1n) is 11.1. The second-order valence-corrected chi connectivity index (χ2v) is 9.05. The van der Waals surface area contributed by atoms with Crippen molar-refractivity contribution in [1.29, 1.82) is 0 Å². The van der Waals surface area contributed by atoms with Crippen LogP contribution in [-0.4, -0.2) is 60.5 Å². The molecule has 0 unspecified atom stereocenters. The van der Waals surface area contributed by atoms with Gasteiger partial charge in [0, 0.05) is 31.6 Å². The summed E-state index contributed by atoms with van der Waals surface area (Å²) >= 11 is 0. The smallest absolute Gasteiger partial charge is 0.117 e. The number of nitrogens with zero attached hydrogens (tertiary/aromatic N) is 3. The Balaban J connectivity index is 1.27. The lowest BCUT2D eigenvalue weighted by molar-refractivity contribution is 0.0861. The fourth-order valence-corrected chi connectivity index (χ4v) is 5.64. The van der Waals surface area contributed by atoms with Crippen LogP contribution in [0.1, 0.15) is 42.6 Å². The summed E-state index contributed by atoms with van der Waals surface area (Å²) in [4.78, 5) is 7.95. The van der Waals surface area contributed by atoms with Gasteiger partial charge in [-0.3, -0.25) is 4.90 Å². The van der Waals surface area contributed by atoms with Gasteiger partial charge in [-0.15, -0.1) is 0 Å². The fraction of sp³-hybridized carbons (Fsp3) is 0.583. The highest BCUT2D eigenvalue weighted by Crippen LogP contribution is 2.42. The molecule has 0 N–H and O–H groups in total. The molecule has 1 aromatic carbocycles. The molecule has 3 aliphatic heterocycles. The lowest BCUT2D eigenvalue weighted by atomic mass is 9.69. The maximum Gasteiger partial charge on any atom is 0.117 e. The molecule has 2 aromatic rings. The summed E-state index contributed by atoms with van der Waals surface area (Å²) in [5, 5.41) is 0. The van der Waals surface area contributed by atoms with Gasteiger partial charge in [0.1, 0.15) is 5.76 Å². The number of piperidine rings is 1. The van der Waals surface area contributed by atoms with Gasteiger partial charge in [0.25, 0.3) is 0 Å². The van der Waals surface area contributed by atoms with E-state index in [1.165, 1.54) is 70.5 Å². The topological polar surface area (TPSA) is 22.9 Å². The van der Waals surface area contributed by atoms with E-state index in [-0.39, 0.29) is 0 Å². The van der Waals surface area contributed by atoms with E-state index < -0.39 is 0 Å². The molecular formula is C24H33N3O. The van der Waals surface area contributed by atoms with E-state index in [1.807, 2.05) is 6.07 Å². The van der Waals surface area contributed by atoms with Gasteiger partial charge in [0.2, 0.25) is 0 Å². The summed E-state index contributed by atoms with van der Waals surface area (Å²) in [5.41, 5.74) is 3.45. The van der Waals surface area contributed by atoms with Crippen LogP contribution in [0.2, 0.25) is 0 Å². The molecule has 0 aliphatic carbocycles. The van der Waals surface area contributed by atoms with Gasteiger partial charge in [-0.1, -0.05) is 24.3 Å². The van der Waals surface area contributed by atoms with E-state index in [0.29, 0.717) is 5.41 Å². The third kappa shape index (κ3) is 3.78. The Morgan fingerprint density at radius 2 is 1.57 bits per heavy atom. The molecule has 0 atom stereocenters. The van der Waals surface area contributed by atoms with Crippen LogP contribution in [0.25, 0.3) is 0 Å². The predicted molar refractivity (Wildman–Crippen MR) is 112 cm³/mol. The summed E-state index contributed by atoms with van der Waals surface area (Å²) in [5.74, 6) is 1.08. The molecule has 150 valence electrons. The van der Waals surface area contributed by atoms with Crippen molar-refractivity contribution in [3.05, 3.63) is 59.5 Å². The molecule has 0 bridgehead atoms. The number of rotatable bonds is 5. The zero-order valence-electron chi connectivity index (χ0n) is 17.0. The van der Waals surface area contributed by atoms with Crippen molar-refractivity contribution in [2.45, 2.75) is 44.2 Å². The number of benzene rings is 1. The van der Waals surface area contributed by atoms with Gasteiger partial charge in [-0.2, -0.15) is 0 Å². The van der Waals surface area contributed by atoms with Crippen LogP contribution in [-0.2, 0) is 18.5 Å². The summed E-state index contributed by atoms with van der Waals surface area (Å²) in [6.07, 6.45) is 7.13. The van der Waals surface area contributed by atoms with Crippen molar-refractivity contribution in [3.8, 4) is 0 Å². The Morgan fingerprint density at radius 1 is 0.821 bits per heavy atom. The average molecular weight is 380 g/mol. The molecule has 3 aliphatic rings. The Hall–Kier alpha value is -1.62. The Kier molecular flexibility index (Phi) is 5.27. The van der Waals surface area contributed by atoms with E-state index in [2.05, 4.69) is 45.0 Å². The first-order valence-corrected chi connectivity index (χ1v) is 11.1. The molecule has 0 amide bonds. The van der Waals surface area contributed by atoms with E-state index in [1.54, 1.807) is 11.8 Å². The van der Waals surface area contributed by atoms with Crippen molar-refractivity contribution in [2.75, 3.05) is 45.8 Å². The van der Waals surface area contributed by atoms with Crippen molar-refractivity contribution in [3.63, 3.8) is 0 Å². The zero-order valence-corrected chi connectivity index (χ0v) is 17.0. The highest BCUT2D eigenvalue weighted by molar-refractivity contribution is 5.38. The lowest BCUT2D eigenvalue weighted by Crippen LogP contribution is -2.52. The first kappa shape index (κ1) is 18.4. The molecule has 2 fully saturated rings. The van der Waals surface area contributed by atoms with Crippen LogP contribution in [0.5, 0.6) is 0 Å². The number of fused-ring (bicyclic) bond motifs is 2. The second-order valence-electron chi connectivity index (χ2n) is 9.05. The minimum atomic E-state index is 0.311. The maximum absolute atomic E-state index is 5.64. The van der Waals surface area contributed by atoms with Crippen molar-refractivity contribution >= 4 is 0 Å². The van der Waals surface area contributed by atoms with Crippen molar-refractivity contribution in [1.82, 2.24) is 14.7 Å². The molecule has 0 radical (unpaired) electrons. The summed E-state index contributed by atoms with van der Waals surface area (Å²) < 4.78 is 5.64. The van der Waals surface area contributed by atoms with Gasteiger partial charge >= 0.3 is 0 Å². The summed E-state index contributed by atoms with van der Waals surface area (Å²) in [7, 11) is 0. The molecule has 4 heterocycles. The maximum atomic E-state index is 5.64. The number of likely N-dealkylation sites (tertiary alicyclic amines) is 2. The standard InChI is InChI=1S/C24H33N3O/c1-2-8-23-21(6-1)18-27(19-22-7-5-17-28-22)20-24(23)9-13-26(14-10-24)16-15-25-11-3-4-12-25/h1-2,5-8,17H,3-4,9-16,18-20H2. The lowest BCUT2D eigenvalue weighted by Gasteiger charge is -2.48. The van der Waals surface area contributed by atoms with Crippen LogP contribution >= 0.6 is 0 Å². The molecule has 4 heteroatoms. The third-order valence-corrected chi connectivity index (χ3v) is 7.21. The number of furan rings is 1. The molecule has 28 heavy (non-hydrogen) atoms. The van der Waals surface area contributed by atoms with Crippen molar-refractivity contribution < 1.29 is 4.42 Å². The highest BCUT2D eigenvalue weighted by Gasteiger charge is 2.41. The average Bonchev–Trinajstić information content (AvgIpc) is 3.42. The minimum Gasteiger partial charge on any atom is -0.468 e. The summed E-state index contributed by atoms with van der Waals surface area (Å²) in [6, 6.07) is 13.3. The normalized spacial score (nSPS) is 23.3. The SMILES string of the molecule is c1coc(CN2Cc3ccccc3C3(CCN(CCN4CCCC4)CC3)C2)c1. The Labute approximate surface area is 169 Å². The molecular weight excluding hydrogens is 346 g/mol. The van der Waals surface area contributed by atoms with Crippen LogP contribution in [0.3, 0.4) is 0 Å². The predicted octanol–water partition coefficient (Wildman–Crippen LogP) is 3.72. The van der Waals surface area contributed by atoms with Gasteiger partial charge in [0.15, 0.2) is 0 Å².